The maximum atomic E-state index is 12.3. The highest BCUT2D eigenvalue weighted by Crippen LogP contribution is 2.24. The third-order valence-electron chi connectivity index (χ3n) is 3.65. The molecule has 1 aromatic heterocycles. The monoisotopic (exact) mass is 319 g/mol. The number of rotatable bonds is 4. The molecule has 0 spiro atoms. The molecule has 2 N–H and O–H groups in total. The fraction of sp³-hybridized carbons (Fsp3) is 0.692. The predicted octanol–water partition coefficient (Wildman–Crippen LogP) is 1.84. The highest BCUT2D eigenvalue weighted by atomic mass is 35.5. The van der Waals surface area contributed by atoms with Gasteiger partial charge in [-0.2, -0.15) is 0 Å². The molecule has 0 aliphatic carbocycles. The average Bonchev–Trinajstić information content (AvgIpc) is 2.99. The van der Waals surface area contributed by atoms with Crippen LogP contribution in [0.3, 0.4) is 0 Å². The number of thiazole rings is 1. The van der Waals surface area contributed by atoms with Crippen LogP contribution in [0.5, 0.6) is 0 Å². The number of nitrogens with two attached hydrogens (primary N) is 1. The molecule has 2 heterocycles. The van der Waals surface area contributed by atoms with E-state index in [2.05, 4.69) is 11.9 Å². The summed E-state index contributed by atoms with van der Waals surface area (Å²) in [4.78, 5) is 18.4. The zero-order chi connectivity index (χ0) is 13.8. The van der Waals surface area contributed by atoms with Crippen molar-refractivity contribution in [1.29, 1.82) is 0 Å². The van der Waals surface area contributed by atoms with E-state index in [1.807, 2.05) is 17.2 Å². The van der Waals surface area contributed by atoms with Gasteiger partial charge in [-0.3, -0.25) is 4.79 Å². The first-order valence-electron chi connectivity index (χ1n) is 6.68. The van der Waals surface area contributed by atoms with Gasteiger partial charge in [-0.15, -0.1) is 23.7 Å². The number of aromatic nitrogens is 1. The summed E-state index contributed by atoms with van der Waals surface area (Å²) in [5.41, 5.74) is 6.02. The van der Waals surface area contributed by atoms with Crippen molar-refractivity contribution >= 4 is 29.7 Å². The van der Waals surface area contributed by atoms with Gasteiger partial charge >= 0.3 is 0 Å². The number of hydrogen-bond donors (Lipinski definition) is 1. The van der Waals surface area contributed by atoms with E-state index in [0.717, 1.165) is 11.4 Å². The van der Waals surface area contributed by atoms with Gasteiger partial charge in [0, 0.05) is 18.1 Å². The molecule has 0 aromatic carbocycles. The van der Waals surface area contributed by atoms with Crippen LogP contribution in [0.4, 0.5) is 0 Å². The van der Waals surface area contributed by atoms with E-state index in [9.17, 15) is 4.79 Å². The summed E-state index contributed by atoms with van der Waals surface area (Å²) < 4.78 is 5.68. The third-order valence-corrected chi connectivity index (χ3v) is 4.51. The molecule has 3 atom stereocenters. The van der Waals surface area contributed by atoms with Crippen LogP contribution >= 0.6 is 23.7 Å². The highest BCUT2D eigenvalue weighted by molar-refractivity contribution is 7.09. The zero-order valence-corrected chi connectivity index (χ0v) is 13.5. The molecule has 0 radical (unpaired) electrons. The van der Waals surface area contributed by atoms with Crippen molar-refractivity contribution in [1.82, 2.24) is 9.88 Å². The van der Waals surface area contributed by atoms with Crippen LogP contribution in [0.1, 0.15) is 31.4 Å². The number of carbonyl (C=O) groups excluding carboxylic acids is 1. The Morgan fingerprint density at radius 3 is 3.05 bits per heavy atom. The lowest BCUT2D eigenvalue weighted by Gasteiger charge is -2.34. The highest BCUT2D eigenvalue weighted by Gasteiger charge is 2.31. The van der Waals surface area contributed by atoms with Gasteiger partial charge in [0.05, 0.1) is 19.2 Å². The Bertz CT molecular complexity index is 416. The largest absolute Gasteiger partial charge is 0.367 e. The van der Waals surface area contributed by atoms with Crippen LogP contribution in [0.2, 0.25) is 0 Å². The second-order valence-electron chi connectivity index (χ2n) is 4.93. The fourth-order valence-corrected chi connectivity index (χ4v) is 2.78. The Labute approximate surface area is 129 Å². The van der Waals surface area contributed by atoms with Crippen molar-refractivity contribution in [2.75, 3.05) is 19.7 Å². The molecule has 1 amide bonds. The Morgan fingerprint density at radius 2 is 2.45 bits per heavy atom. The molecule has 3 unspecified atom stereocenters. The first-order valence-corrected chi connectivity index (χ1v) is 7.56. The topological polar surface area (TPSA) is 68.5 Å². The van der Waals surface area contributed by atoms with Gasteiger partial charge in [0.15, 0.2) is 0 Å². The van der Waals surface area contributed by atoms with Gasteiger partial charge in [-0.05, 0) is 5.92 Å². The lowest BCUT2D eigenvalue weighted by molar-refractivity contribution is -0.141. The summed E-state index contributed by atoms with van der Waals surface area (Å²) in [6.45, 7) is 5.78. The molecule has 0 saturated carbocycles. The van der Waals surface area contributed by atoms with Crippen LogP contribution in [-0.4, -0.2) is 41.5 Å². The van der Waals surface area contributed by atoms with Crippen LogP contribution in [0.25, 0.3) is 0 Å². The van der Waals surface area contributed by atoms with Gasteiger partial charge in [0.1, 0.15) is 11.1 Å². The molecule has 1 aliphatic rings. The molecule has 1 fully saturated rings. The Morgan fingerprint density at radius 1 is 1.70 bits per heavy atom. The second kappa shape index (κ2) is 7.93. The van der Waals surface area contributed by atoms with E-state index in [1.165, 1.54) is 0 Å². The van der Waals surface area contributed by atoms with E-state index < -0.39 is 6.04 Å². The minimum absolute atomic E-state index is 0. The Balaban J connectivity index is 0.00000200. The minimum atomic E-state index is -0.417. The van der Waals surface area contributed by atoms with E-state index in [-0.39, 0.29) is 30.3 Å². The maximum absolute atomic E-state index is 12.3. The fourth-order valence-electron chi connectivity index (χ4n) is 2.10. The Hall–Kier alpha value is -0.690. The molecule has 7 heteroatoms. The van der Waals surface area contributed by atoms with Gasteiger partial charge < -0.3 is 15.4 Å². The van der Waals surface area contributed by atoms with Crippen molar-refractivity contribution in [3.63, 3.8) is 0 Å². The van der Waals surface area contributed by atoms with Crippen LogP contribution in [0.15, 0.2) is 11.6 Å². The molecule has 1 saturated heterocycles. The minimum Gasteiger partial charge on any atom is -0.367 e. The van der Waals surface area contributed by atoms with Crippen molar-refractivity contribution in [3.8, 4) is 0 Å². The van der Waals surface area contributed by atoms with E-state index in [4.69, 9.17) is 10.5 Å². The lowest BCUT2D eigenvalue weighted by atomic mass is 9.98. The Kier molecular flexibility index (Phi) is 6.88. The quantitative estimate of drug-likeness (QED) is 0.919. The van der Waals surface area contributed by atoms with Crippen LogP contribution < -0.4 is 5.73 Å². The first-order chi connectivity index (χ1) is 9.13. The molecule has 1 aliphatic heterocycles. The molecule has 5 nitrogen and oxygen atoms in total. The van der Waals surface area contributed by atoms with Gasteiger partial charge in [-0.25, -0.2) is 4.98 Å². The molecule has 20 heavy (non-hydrogen) atoms. The zero-order valence-electron chi connectivity index (χ0n) is 11.8. The summed E-state index contributed by atoms with van der Waals surface area (Å²) in [6.07, 6.45) is 2.56. The summed E-state index contributed by atoms with van der Waals surface area (Å²) >= 11 is 1.56. The number of carbonyl (C=O) groups is 1. The van der Waals surface area contributed by atoms with Crippen molar-refractivity contribution in [2.45, 2.75) is 32.4 Å². The summed E-state index contributed by atoms with van der Waals surface area (Å²) in [5, 5.41) is 2.85. The average molecular weight is 320 g/mol. The molecular weight excluding hydrogens is 298 g/mol. The second-order valence-corrected chi connectivity index (χ2v) is 5.85. The van der Waals surface area contributed by atoms with Gasteiger partial charge in [0.2, 0.25) is 5.91 Å². The normalized spacial score (nSPS) is 21.9. The third kappa shape index (κ3) is 3.91. The molecular formula is C13H22ClN3O2S. The lowest BCUT2D eigenvalue weighted by Crippen LogP contribution is -2.51. The van der Waals surface area contributed by atoms with Crippen molar-refractivity contribution in [3.05, 3.63) is 16.6 Å². The maximum Gasteiger partial charge on any atom is 0.239 e. The molecule has 1 aromatic rings. The van der Waals surface area contributed by atoms with Crippen LogP contribution in [0, 0.1) is 5.92 Å². The van der Waals surface area contributed by atoms with E-state index in [1.54, 1.807) is 17.5 Å². The number of halogens is 1. The standard InChI is InChI=1S/C13H21N3O2S.ClH/c1-3-9(2)11(14)13(17)16-5-6-18-10(8-16)12-15-4-7-19-12;/h4,7,9-11H,3,5-6,8,14H2,1-2H3;1H. The van der Waals surface area contributed by atoms with Crippen molar-refractivity contribution < 1.29 is 9.53 Å². The first kappa shape index (κ1) is 17.4. The summed E-state index contributed by atoms with van der Waals surface area (Å²) in [6, 6.07) is -0.417. The number of morpholine rings is 1. The smallest absolute Gasteiger partial charge is 0.239 e. The number of hydrogen-bond acceptors (Lipinski definition) is 5. The SMILES string of the molecule is CCC(C)C(N)C(=O)N1CCOC(c2nccs2)C1.Cl. The van der Waals surface area contributed by atoms with E-state index in [0.29, 0.717) is 19.7 Å². The van der Waals surface area contributed by atoms with Crippen LogP contribution in [-0.2, 0) is 9.53 Å². The molecule has 2 rings (SSSR count). The number of ether oxygens (including phenoxy) is 1. The van der Waals surface area contributed by atoms with Crippen molar-refractivity contribution in [2.24, 2.45) is 11.7 Å². The number of nitrogens with zero attached hydrogens (tertiary/aromatic N) is 2. The predicted molar refractivity (Wildman–Crippen MR) is 82.1 cm³/mol. The summed E-state index contributed by atoms with van der Waals surface area (Å²) in [5.74, 6) is 0.230. The molecule has 114 valence electrons. The number of amides is 1. The van der Waals surface area contributed by atoms with Gasteiger partial charge in [0.25, 0.3) is 0 Å². The van der Waals surface area contributed by atoms with E-state index >= 15 is 0 Å². The summed E-state index contributed by atoms with van der Waals surface area (Å²) in [7, 11) is 0. The molecule has 0 bridgehead atoms. The van der Waals surface area contributed by atoms with Gasteiger partial charge in [-0.1, -0.05) is 20.3 Å².